The number of aromatic nitrogens is 4. The predicted octanol–water partition coefficient (Wildman–Crippen LogP) is 2.03. The Bertz CT molecular complexity index is 691. The molecule has 2 N–H and O–H groups in total. The second-order valence-electron chi connectivity index (χ2n) is 3.54. The quantitative estimate of drug-likeness (QED) is 0.712. The molecule has 0 radical (unpaired) electrons. The minimum atomic E-state index is 0.309. The molecule has 0 fully saturated rings. The van der Waals surface area contributed by atoms with E-state index in [4.69, 9.17) is 17.3 Å². The number of rotatable bonds is 1. The molecule has 3 aromatic rings. The van der Waals surface area contributed by atoms with Gasteiger partial charge in [-0.3, -0.25) is 0 Å². The molecule has 1 aromatic carbocycles. The lowest BCUT2D eigenvalue weighted by Gasteiger charge is -1.96. The van der Waals surface area contributed by atoms with Crippen LogP contribution >= 0.6 is 11.6 Å². The monoisotopic (exact) mass is 245 g/mol. The molecule has 0 aliphatic rings. The molecular weight excluding hydrogens is 238 g/mol. The SMILES string of the molecule is Nc1ncnc2cc(-c3cccc(Cl)c3)nn12. The maximum Gasteiger partial charge on any atom is 0.224 e. The highest BCUT2D eigenvalue weighted by molar-refractivity contribution is 6.30. The molecule has 17 heavy (non-hydrogen) atoms. The van der Waals surface area contributed by atoms with Crippen molar-refractivity contribution in [1.29, 1.82) is 0 Å². The van der Waals surface area contributed by atoms with Gasteiger partial charge in [0.25, 0.3) is 0 Å². The summed E-state index contributed by atoms with van der Waals surface area (Å²) in [7, 11) is 0. The van der Waals surface area contributed by atoms with Gasteiger partial charge in [0.1, 0.15) is 6.33 Å². The Kier molecular flexibility index (Phi) is 2.19. The van der Waals surface area contributed by atoms with Crippen LogP contribution < -0.4 is 5.73 Å². The van der Waals surface area contributed by atoms with Crippen molar-refractivity contribution >= 4 is 23.2 Å². The summed E-state index contributed by atoms with van der Waals surface area (Å²) in [6.07, 6.45) is 1.41. The first-order valence-corrected chi connectivity index (χ1v) is 5.34. The highest BCUT2D eigenvalue weighted by Crippen LogP contribution is 2.22. The van der Waals surface area contributed by atoms with E-state index in [9.17, 15) is 0 Å². The first-order chi connectivity index (χ1) is 8.24. The molecule has 3 rings (SSSR count). The van der Waals surface area contributed by atoms with Gasteiger partial charge >= 0.3 is 0 Å². The minimum Gasteiger partial charge on any atom is -0.368 e. The minimum absolute atomic E-state index is 0.309. The Morgan fingerprint density at radius 3 is 2.82 bits per heavy atom. The van der Waals surface area contributed by atoms with Gasteiger partial charge in [0.05, 0.1) is 5.69 Å². The van der Waals surface area contributed by atoms with Crippen molar-refractivity contribution in [2.75, 3.05) is 5.73 Å². The molecule has 0 saturated heterocycles. The smallest absolute Gasteiger partial charge is 0.224 e. The summed E-state index contributed by atoms with van der Waals surface area (Å²) in [5.74, 6) is 0.309. The second kappa shape index (κ2) is 3.71. The van der Waals surface area contributed by atoms with Gasteiger partial charge in [0.15, 0.2) is 5.65 Å². The molecular formula is C11H8ClN5. The molecule has 0 bridgehead atoms. The van der Waals surface area contributed by atoms with Crippen LogP contribution in [0.3, 0.4) is 0 Å². The Morgan fingerprint density at radius 1 is 1.18 bits per heavy atom. The molecule has 0 unspecified atom stereocenters. The van der Waals surface area contributed by atoms with E-state index in [1.165, 1.54) is 10.8 Å². The van der Waals surface area contributed by atoms with Crippen molar-refractivity contribution in [2.45, 2.75) is 0 Å². The Labute approximate surface area is 102 Å². The fourth-order valence-corrected chi connectivity index (χ4v) is 1.81. The van der Waals surface area contributed by atoms with Crippen molar-refractivity contribution in [2.24, 2.45) is 0 Å². The zero-order valence-corrected chi connectivity index (χ0v) is 9.46. The lowest BCUT2D eigenvalue weighted by atomic mass is 10.2. The van der Waals surface area contributed by atoms with Crippen LogP contribution in [0.15, 0.2) is 36.7 Å². The van der Waals surface area contributed by atoms with Gasteiger partial charge in [-0.25, -0.2) is 9.97 Å². The summed E-state index contributed by atoms with van der Waals surface area (Å²) >= 11 is 5.94. The Morgan fingerprint density at radius 2 is 2.06 bits per heavy atom. The van der Waals surface area contributed by atoms with E-state index >= 15 is 0 Å². The van der Waals surface area contributed by atoms with E-state index in [1.54, 1.807) is 0 Å². The van der Waals surface area contributed by atoms with Crippen LogP contribution in [0.5, 0.6) is 0 Å². The van der Waals surface area contributed by atoms with E-state index in [0.717, 1.165) is 11.3 Å². The molecule has 0 atom stereocenters. The molecule has 0 aliphatic heterocycles. The maximum atomic E-state index is 5.94. The number of hydrogen-bond acceptors (Lipinski definition) is 4. The first kappa shape index (κ1) is 10.0. The van der Waals surface area contributed by atoms with E-state index in [1.807, 2.05) is 30.3 Å². The third kappa shape index (κ3) is 1.70. The number of anilines is 1. The number of hydrogen-bond donors (Lipinski definition) is 1. The van der Waals surface area contributed by atoms with Gasteiger partial charge in [-0.2, -0.15) is 9.61 Å². The third-order valence-corrected chi connectivity index (χ3v) is 2.64. The average Bonchev–Trinajstić information content (AvgIpc) is 2.74. The number of fused-ring (bicyclic) bond motifs is 1. The van der Waals surface area contributed by atoms with Crippen LogP contribution in [-0.2, 0) is 0 Å². The van der Waals surface area contributed by atoms with Crippen molar-refractivity contribution in [1.82, 2.24) is 19.6 Å². The van der Waals surface area contributed by atoms with E-state index in [0.29, 0.717) is 16.6 Å². The molecule has 0 saturated carbocycles. The lowest BCUT2D eigenvalue weighted by molar-refractivity contribution is 0.912. The zero-order valence-electron chi connectivity index (χ0n) is 8.71. The van der Waals surface area contributed by atoms with Crippen LogP contribution in [0.2, 0.25) is 5.02 Å². The van der Waals surface area contributed by atoms with Crippen LogP contribution in [0, 0.1) is 0 Å². The number of halogens is 1. The van der Waals surface area contributed by atoms with Gasteiger partial charge < -0.3 is 5.73 Å². The molecule has 6 heteroatoms. The van der Waals surface area contributed by atoms with Gasteiger partial charge in [-0.1, -0.05) is 23.7 Å². The fraction of sp³-hybridized carbons (Fsp3) is 0. The molecule has 0 aliphatic carbocycles. The van der Waals surface area contributed by atoms with Gasteiger partial charge in [-0.15, -0.1) is 0 Å². The lowest BCUT2D eigenvalue weighted by Crippen LogP contribution is -2.02. The van der Waals surface area contributed by atoms with Crippen molar-refractivity contribution < 1.29 is 0 Å². The summed E-state index contributed by atoms with van der Waals surface area (Å²) in [4.78, 5) is 7.96. The van der Waals surface area contributed by atoms with Crippen molar-refractivity contribution in [3.8, 4) is 11.3 Å². The number of benzene rings is 1. The molecule has 5 nitrogen and oxygen atoms in total. The maximum absolute atomic E-state index is 5.94. The molecule has 2 heterocycles. The van der Waals surface area contributed by atoms with E-state index in [2.05, 4.69) is 15.1 Å². The van der Waals surface area contributed by atoms with Gasteiger partial charge in [-0.05, 0) is 12.1 Å². The average molecular weight is 246 g/mol. The van der Waals surface area contributed by atoms with Crippen LogP contribution in [0.25, 0.3) is 16.9 Å². The Hall–Kier alpha value is -2.14. The summed E-state index contributed by atoms with van der Waals surface area (Å²) in [5.41, 5.74) is 8.04. The summed E-state index contributed by atoms with van der Waals surface area (Å²) in [6.45, 7) is 0. The zero-order chi connectivity index (χ0) is 11.8. The summed E-state index contributed by atoms with van der Waals surface area (Å²) in [6, 6.07) is 9.29. The molecule has 0 amide bonds. The Balaban J connectivity index is 2.22. The fourth-order valence-electron chi connectivity index (χ4n) is 1.62. The van der Waals surface area contributed by atoms with Crippen molar-refractivity contribution in [3.63, 3.8) is 0 Å². The van der Waals surface area contributed by atoms with Crippen LogP contribution in [-0.4, -0.2) is 19.6 Å². The molecule has 0 spiro atoms. The van der Waals surface area contributed by atoms with Crippen molar-refractivity contribution in [3.05, 3.63) is 41.7 Å². The largest absolute Gasteiger partial charge is 0.368 e. The number of nitrogens with zero attached hydrogens (tertiary/aromatic N) is 4. The number of nitrogen functional groups attached to an aromatic ring is 1. The summed E-state index contributed by atoms with van der Waals surface area (Å²) in [5, 5.41) is 5.00. The highest BCUT2D eigenvalue weighted by atomic mass is 35.5. The highest BCUT2D eigenvalue weighted by Gasteiger charge is 2.07. The molecule has 2 aromatic heterocycles. The predicted molar refractivity (Wildman–Crippen MR) is 65.6 cm³/mol. The standard InChI is InChI=1S/C11H8ClN5/c12-8-3-1-2-7(4-8)9-5-10-14-6-15-11(13)17(10)16-9/h1-6H,(H2,13,14,15). The molecule has 84 valence electrons. The van der Waals surface area contributed by atoms with E-state index < -0.39 is 0 Å². The first-order valence-electron chi connectivity index (χ1n) is 4.96. The number of nitrogens with two attached hydrogens (primary N) is 1. The van der Waals surface area contributed by atoms with Gasteiger partial charge in [0.2, 0.25) is 5.95 Å². The van der Waals surface area contributed by atoms with Crippen LogP contribution in [0.1, 0.15) is 0 Å². The third-order valence-electron chi connectivity index (χ3n) is 2.41. The van der Waals surface area contributed by atoms with Crippen LogP contribution in [0.4, 0.5) is 5.95 Å². The topological polar surface area (TPSA) is 69.1 Å². The van der Waals surface area contributed by atoms with E-state index in [-0.39, 0.29) is 0 Å². The normalized spacial score (nSPS) is 10.9. The summed E-state index contributed by atoms with van der Waals surface area (Å²) < 4.78 is 1.50. The van der Waals surface area contributed by atoms with Gasteiger partial charge in [0, 0.05) is 16.7 Å². The second-order valence-corrected chi connectivity index (χ2v) is 3.98.